The summed E-state index contributed by atoms with van der Waals surface area (Å²) in [5.74, 6) is -0.0515. The first-order valence-electron chi connectivity index (χ1n) is 11.5. The van der Waals surface area contributed by atoms with E-state index in [4.69, 9.17) is 15.1 Å². The Labute approximate surface area is 199 Å². The highest BCUT2D eigenvalue weighted by atomic mass is 16.5. The first kappa shape index (κ1) is 21.9. The van der Waals surface area contributed by atoms with Gasteiger partial charge in [0.2, 0.25) is 5.69 Å². The Kier molecular flexibility index (Phi) is 5.64. The quantitative estimate of drug-likeness (QED) is 0.442. The van der Waals surface area contributed by atoms with Gasteiger partial charge in [0, 0.05) is 40.4 Å². The van der Waals surface area contributed by atoms with Crippen LogP contribution in [0.2, 0.25) is 0 Å². The van der Waals surface area contributed by atoms with E-state index in [2.05, 4.69) is 36.9 Å². The van der Waals surface area contributed by atoms with Crippen LogP contribution in [-0.2, 0) is 11.8 Å². The molecule has 6 heteroatoms. The lowest BCUT2D eigenvalue weighted by molar-refractivity contribution is -0.719. The van der Waals surface area contributed by atoms with Gasteiger partial charge in [0.1, 0.15) is 5.52 Å². The van der Waals surface area contributed by atoms with E-state index in [-0.39, 0.29) is 18.0 Å². The number of nitrogens with zero attached hydrogens (tertiary/aromatic N) is 4. The lowest BCUT2D eigenvalue weighted by Gasteiger charge is -2.36. The standard InChI is InChI=1S/C28H26N4O2/c1-18-16-32(17-19(2)34-18)23-13-11-22(12-14-23)27-28(33)25-6-4-5-24(26(25)30-31(27)3)21-9-7-20(15-29)8-10-21/h4-14,18-19H,16-17H2,1-3H3/t18-,19+. The minimum Gasteiger partial charge on any atom is -0.867 e. The molecule has 2 heterocycles. The molecule has 0 saturated carbocycles. The van der Waals surface area contributed by atoms with E-state index in [1.807, 2.05) is 49.5 Å². The number of aryl methyl sites for hydroxylation is 1. The maximum Gasteiger partial charge on any atom is 0.231 e. The van der Waals surface area contributed by atoms with E-state index < -0.39 is 0 Å². The van der Waals surface area contributed by atoms with Gasteiger partial charge in [0.25, 0.3) is 0 Å². The number of nitriles is 1. The fourth-order valence-corrected chi connectivity index (χ4v) is 4.80. The zero-order chi connectivity index (χ0) is 23.8. The van der Waals surface area contributed by atoms with Crippen molar-refractivity contribution in [1.82, 2.24) is 5.10 Å². The number of aromatic nitrogens is 2. The van der Waals surface area contributed by atoms with Crippen molar-refractivity contribution in [2.45, 2.75) is 26.1 Å². The largest absolute Gasteiger partial charge is 0.867 e. The number of ether oxygens (including phenoxy) is 1. The molecule has 0 aliphatic carbocycles. The van der Waals surface area contributed by atoms with Crippen LogP contribution >= 0.6 is 0 Å². The summed E-state index contributed by atoms with van der Waals surface area (Å²) in [5.41, 5.74) is 5.55. The third kappa shape index (κ3) is 3.95. The highest BCUT2D eigenvalue weighted by Gasteiger charge is 2.23. The number of hydrogen-bond acceptors (Lipinski definition) is 5. The second kappa shape index (κ2) is 8.77. The third-order valence-corrected chi connectivity index (χ3v) is 6.32. The van der Waals surface area contributed by atoms with Crippen LogP contribution in [0.3, 0.4) is 0 Å². The van der Waals surface area contributed by atoms with Gasteiger partial charge >= 0.3 is 0 Å². The molecule has 0 radical (unpaired) electrons. The van der Waals surface area contributed by atoms with Crippen molar-refractivity contribution in [3.05, 3.63) is 72.3 Å². The van der Waals surface area contributed by atoms with Crippen LogP contribution < -0.4 is 14.7 Å². The number of fused-ring (bicyclic) bond motifs is 1. The highest BCUT2D eigenvalue weighted by Crippen LogP contribution is 2.35. The number of benzene rings is 3. The molecule has 4 aromatic rings. The smallest absolute Gasteiger partial charge is 0.231 e. The first-order chi connectivity index (χ1) is 16.4. The fraction of sp³-hybridized carbons (Fsp3) is 0.250. The highest BCUT2D eigenvalue weighted by molar-refractivity contribution is 5.98. The molecule has 34 heavy (non-hydrogen) atoms. The molecule has 3 aromatic carbocycles. The van der Waals surface area contributed by atoms with Crippen molar-refractivity contribution in [3.63, 3.8) is 0 Å². The average molecular weight is 451 g/mol. The van der Waals surface area contributed by atoms with Gasteiger partial charge in [-0.05, 0) is 61.6 Å². The van der Waals surface area contributed by atoms with Crippen LogP contribution in [-0.4, -0.2) is 30.4 Å². The maximum atomic E-state index is 13.6. The molecule has 170 valence electrons. The van der Waals surface area contributed by atoms with Gasteiger partial charge in [-0.1, -0.05) is 35.0 Å². The molecule has 0 amide bonds. The molecular weight excluding hydrogens is 424 g/mol. The summed E-state index contributed by atoms with van der Waals surface area (Å²) in [6.07, 6.45) is 0.369. The van der Waals surface area contributed by atoms with Gasteiger partial charge < -0.3 is 14.7 Å². The minimum absolute atomic E-state index is 0.0515. The monoisotopic (exact) mass is 450 g/mol. The van der Waals surface area contributed by atoms with Crippen LogP contribution in [0.5, 0.6) is 5.75 Å². The number of anilines is 1. The topological polar surface area (TPSA) is 76.1 Å². The van der Waals surface area contributed by atoms with Crippen molar-refractivity contribution in [1.29, 1.82) is 5.26 Å². The van der Waals surface area contributed by atoms with Crippen molar-refractivity contribution < 1.29 is 14.5 Å². The molecule has 0 unspecified atom stereocenters. The Morgan fingerprint density at radius 1 is 0.971 bits per heavy atom. The summed E-state index contributed by atoms with van der Waals surface area (Å²) in [4.78, 5) is 2.32. The average Bonchev–Trinajstić information content (AvgIpc) is 2.84. The molecule has 1 aliphatic heterocycles. The van der Waals surface area contributed by atoms with Gasteiger partial charge in [0.15, 0.2) is 7.05 Å². The molecule has 5 rings (SSSR count). The molecule has 0 N–H and O–H groups in total. The zero-order valence-corrected chi connectivity index (χ0v) is 19.5. The zero-order valence-electron chi connectivity index (χ0n) is 19.5. The maximum absolute atomic E-state index is 13.6. The second-order valence-electron chi connectivity index (χ2n) is 8.90. The molecule has 0 bridgehead atoms. The van der Waals surface area contributed by atoms with Crippen molar-refractivity contribution in [3.8, 4) is 34.2 Å². The van der Waals surface area contributed by atoms with Gasteiger partial charge in [0.05, 0.1) is 23.8 Å². The van der Waals surface area contributed by atoms with Crippen LogP contribution in [0.1, 0.15) is 19.4 Å². The minimum atomic E-state index is -0.0515. The lowest BCUT2D eigenvalue weighted by atomic mass is 9.99. The summed E-state index contributed by atoms with van der Waals surface area (Å²) in [6, 6.07) is 23.2. The van der Waals surface area contributed by atoms with Crippen molar-refractivity contribution in [2.75, 3.05) is 18.0 Å². The molecular formula is C28H26N4O2. The van der Waals surface area contributed by atoms with Crippen LogP contribution in [0, 0.1) is 11.3 Å². The van der Waals surface area contributed by atoms with Gasteiger partial charge in [-0.2, -0.15) is 5.26 Å². The molecule has 6 nitrogen and oxygen atoms in total. The van der Waals surface area contributed by atoms with Crippen LogP contribution in [0.4, 0.5) is 5.69 Å². The molecule has 1 aliphatic rings. The summed E-state index contributed by atoms with van der Waals surface area (Å²) in [5, 5.41) is 28.0. The molecule has 1 saturated heterocycles. The lowest BCUT2D eigenvalue weighted by Crippen LogP contribution is -2.45. The van der Waals surface area contributed by atoms with E-state index in [1.54, 1.807) is 16.8 Å². The number of rotatable bonds is 3. The van der Waals surface area contributed by atoms with E-state index in [9.17, 15) is 5.11 Å². The Hall–Kier alpha value is -3.95. The Morgan fingerprint density at radius 2 is 1.62 bits per heavy atom. The Bertz CT molecular complexity index is 1380. The van der Waals surface area contributed by atoms with Gasteiger partial charge in [-0.15, -0.1) is 0 Å². The number of hydrogen-bond donors (Lipinski definition) is 0. The summed E-state index contributed by atoms with van der Waals surface area (Å²) >= 11 is 0. The molecule has 0 spiro atoms. The first-order valence-corrected chi connectivity index (χ1v) is 11.5. The fourth-order valence-electron chi connectivity index (χ4n) is 4.80. The van der Waals surface area contributed by atoms with Gasteiger partial charge in [-0.3, -0.25) is 0 Å². The predicted molar refractivity (Wildman–Crippen MR) is 130 cm³/mol. The van der Waals surface area contributed by atoms with Gasteiger partial charge in [-0.25, -0.2) is 0 Å². The summed E-state index contributed by atoms with van der Waals surface area (Å²) < 4.78 is 7.52. The second-order valence-corrected chi connectivity index (χ2v) is 8.90. The predicted octanol–water partition coefficient (Wildman–Crippen LogP) is 3.95. The number of morpholine rings is 1. The molecule has 2 atom stereocenters. The van der Waals surface area contributed by atoms with E-state index in [0.29, 0.717) is 22.2 Å². The third-order valence-electron chi connectivity index (χ3n) is 6.32. The Morgan fingerprint density at radius 3 is 2.26 bits per heavy atom. The summed E-state index contributed by atoms with van der Waals surface area (Å²) in [6.45, 7) is 5.88. The normalized spacial score (nSPS) is 18.1. The summed E-state index contributed by atoms with van der Waals surface area (Å²) in [7, 11) is 1.81. The van der Waals surface area contributed by atoms with E-state index in [1.165, 1.54) is 0 Å². The van der Waals surface area contributed by atoms with Crippen molar-refractivity contribution >= 4 is 16.6 Å². The van der Waals surface area contributed by atoms with Crippen LogP contribution in [0.25, 0.3) is 33.3 Å². The van der Waals surface area contributed by atoms with E-state index in [0.717, 1.165) is 35.5 Å². The SMILES string of the molecule is C[C@@H]1CN(c2ccc(-c3c([O-])c4cccc(-c5ccc(C#N)cc5)c4n[n+]3C)cc2)C[C@H](C)O1. The van der Waals surface area contributed by atoms with Crippen molar-refractivity contribution in [2.24, 2.45) is 7.05 Å². The van der Waals surface area contributed by atoms with Crippen LogP contribution in [0.15, 0.2) is 66.7 Å². The van der Waals surface area contributed by atoms with E-state index >= 15 is 0 Å². The molecule has 1 aromatic heterocycles. The molecule has 1 fully saturated rings. The Balaban J connectivity index is 1.54.